The van der Waals surface area contributed by atoms with E-state index in [1.807, 2.05) is 6.07 Å². The molecule has 1 aromatic rings. The summed E-state index contributed by atoms with van der Waals surface area (Å²) < 4.78 is 11.2. The van der Waals surface area contributed by atoms with E-state index in [9.17, 15) is 0 Å². The zero-order valence-corrected chi connectivity index (χ0v) is 10.7. The second-order valence-electron chi connectivity index (χ2n) is 4.97. The van der Waals surface area contributed by atoms with Crippen LogP contribution in [0.1, 0.15) is 29.8 Å². The quantitative estimate of drug-likeness (QED) is 0.752. The number of ether oxygens (including phenoxy) is 2. The van der Waals surface area contributed by atoms with Crippen molar-refractivity contribution >= 4 is 11.6 Å². The van der Waals surface area contributed by atoms with Crippen molar-refractivity contribution in [2.75, 3.05) is 13.2 Å². The lowest BCUT2D eigenvalue weighted by atomic mass is 9.96. The molecule has 3 unspecified atom stereocenters. The van der Waals surface area contributed by atoms with Crippen LogP contribution in [-0.2, 0) is 11.2 Å². The Morgan fingerprint density at radius 3 is 3.00 bits per heavy atom. The Labute approximate surface area is 107 Å². The average Bonchev–Trinajstić information content (AvgIpc) is 2.95. The molecule has 0 bridgehead atoms. The van der Waals surface area contributed by atoms with Crippen molar-refractivity contribution in [3.05, 3.63) is 29.3 Å². The van der Waals surface area contributed by atoms with E-state index in [-0.39, 0.29) is 11.5 Å². The maximum absolute atomic E-state index is 6.54. The summed E-state index contributed by atoms with van der Waals surface area (Å²) in [7, 11) is 0. The third-order valence-electron chi connectivity index (χ3n) is 3.76. The fourth-order valence-electron chi connectivity index (χ4n) is 2.66. The summed E-state index contributed by atoms with van der Waals surface area (Å²) in [4.78, 5) is 0. The molecule has 92 valence electrons. The number of rotatable bonds is 2. The van der Waals surface area contributed by atoms with Crippen LogP contribution in [0.4, 0.5) is 0 Å². The highest BCUT2D eigenvalue weighted by molar-refractivity contribution is 6.21. The molecule has 3 atom stereocenters. The van der Waals surface area contributed by atoms with Gasteiger partial charge in [0.05, 0.1) is 18.1 Å². The molecule has 0 amide bonds. The van der Waals surface area contributed by atoms with Crippen LogP contribution in [0.25, 0.3) is 0 Å². The Morgan fingerprint density at radius 2 is 2.24 bits per heavy atom. The summed E-state index contributed by atoms with van der Waals surface area (Å²) in [5.74, 6) is 1.56. The molecule has 1 fully saturated rings. The summed E-state index contributed by atoms with van der Waals surface area (Å²) in [6.07, 6.45) is 2.26. The monoisotopic (exact) mass is 252 g/mol. The first-order chi connectivity index (χ1) is 8.25. The van der Waals surface area contributed by atoms with Gasteiger partial charge in [0.1, 0.15) is 5.75 Å². The summed E-state index contributed by atoms with van der Waals surface area (Å²) in [5.41, 5.74) is 2.44. The molecule has 0 spiro atoms. The van der Waals surface area contributed by atoms with Gasteiger partial charge in [-0.15, -0.1) is 11.6 Å². The van der Waals surface area contributed by atoms with E-state index < -0.39 is 0 Å². The second kappa shape index (κ2) is 4.51. The second-order valence-corrected chi connectivity index (χ2v) is 5.44. The van der Waals surface area contributed by atoms with Crippen LogP contribution in [0, 0.1) is 5.92 Å². The zero-order chi connectivity index (χ0) is 11.8. The standard InChI is InChI=1S/C14H17ClO2/c1-9-4-6-17-14(9)13(15)11-2-3-12-10(8-11)5-7-16-12/h2-3,8-9,13-14H,4-7H2,1H3. The molecule has 0 N–H and O–H groups in total. The Morgan fingerprint density at radius 1 is 1.35 bits per heavy atom. The predicted octanol–water partition coefficient (Wildman–Crippen LogP) is 3.33. The summed E-state index contributed by atoms with van der Waals surface area (Å²) in [6, 6.07) is 6.28. The van der Waals surface area contributed by atoms with Crippen LogP contribution in [0.3, 0.4) is 0 Å². The normalized spacial score (nSPS) is 28.8. The SMILES string of the molecule is CC1CCOC1C(Cl)c1ccc2c(c1)CCO2. The highest BCUT2D eigenvalue weighted by Crippen LogP contribution is 2.38. The van der Waals surface area contributed by atoms with Crippen molar-refractivity contribution < 1.29 is 9.47 Å². The number of fused-ring (bicyclic) bond motifs is 1. The molecule has 0 aromatic heterocycles. The van der Waals surface area contributed by atoms with Crippen LogP contribution < -0.4 is 4.74 Å². The van der Waals surface area contributed by atoms with Crippen LogP contribution in [0.5, 0.6) is 5.75 Å². The lowest BCUT2D eigenvalue weighted by Gasteiger charge is -2.21. The van der Waals surface area contributed by atoms with Gasteiger partial charge < -0.3 is 9.47 Å². The van der Waals surface area contributed by atoms with Gasteiger partial charge >= 0.3 is 0 Å². The largest absolute Gasteiger partial charge is 0.493 e. The van der Waals surface area contributed by atoms with Gasteiger partial charge in [-0.3, -0.25) is 0 Å². The Bertz CT molecular complexity index is 419. The molecule has 0 saturated carbocycles. The smallest absolute Gasteiger partial charge is 0.122 e. The highest BCUT2D eigenvalue weighted by atomic mass is 35.5. The van der Waals surface area contributed by atoms with E-state index in [1.54, 1.807) is 0 Å². The number of halogens is 1. The van der Waals surface area contributed by atoms with E-state index in [4.69, 9.17) is 21.1 Å². The van der Waals surface area contributed by atoms with Gasteiger partial charge in [0.15, 0.2) is 0 Å². The number of benzene rings is 1. The van der Waals surface area contributed by atoms with Crippen LogP contribution in [0.2, 0.25) is 0 Å². The van der Waals surface area contributed by atoms with E-state index >= 15 is 0 Å². The third kappa shape index (κ3) is 2.04. The maximum atomic E-state index is 6.54. The lowest BCUT2D eigenvalue weighted by molar-refractivity contribution is 0.0903. The first-order valence-corrected chi connectivity index (χ1v) is 6.70. The van der Waals surface area contributed by atoms with Crippen molar-refractivity contribution in [3.8, 4) is 5.75 Å². The Balaban J connectivity index is 1.83. The molecule has 1 aromatic carbocycles. The molecule has 2 aliphatic heterocycles. The van der Waals surface area contributed by atoms with Crippen molar-refractivity contribution in [3.63, 3.8) is 0 Å². The minimum atomic E-state index is -0.0431. The molecule has 0 aliphatic carbocycles. The van der Waals surface area contributed by atoms with Crippen LogP contribution in [-0.4, -0.2) is 19.3 Å². The molecule has 2 heterocycles. The number of hydrogen-bond donors (Lipinski definition) is 0. The molecule has 2 aliphatic rings. The van der Waals surface area contributed by atoms with E-state index in [0.717, 1.165) is 37.4 Å². The minimum Gasteiger partial charge on any atom is -0.493 e. The fourth-order valence-corrected chi connectivity index (χ4v) is 3.12. The first-order valence-electron chi connectivity index (χ1n) is 6.27. The molecular weight excluding hydrogens is 236 g/mol. The van der Waals surface area contributed by atoms with E-state index in [1.165, 1.54) is 5.56 Å². The van der Waals surface area contributed by atoms with Gasteiger partial charge in [-0.1, -0.05) is 19.1 Å². The lowest BCUT2D eigenvalue weighted by Crippen LogP contribution is -2.19. The van der Waals surface area contributed by atoms with E-state index in [0.29, 0.717) is 5.92 Å². The highest BCUT2D eigenvalue weighted by Gasteiger charge is 2.32. The summed E-state index contributed by atoms with van der Waals surface area (Å²) in [6.45, 7) is 3.84. The summed E-state index contributed by atoms with van der Waals surface area (Å²) in [5, 5.41) is -0.0431. The van der Waals surface area contributed by atoms with Gasteiger partial charge in [0, 0.05) is 13.0 Å². The Kier molecular flexibility index (Phi) is 3.01. The molecule has 3 heteroatoms. The van der Waals surface area contributed by atoms with E-state index in [2.05, 4.69) is 19.1 Å². The zero-order valence-electron chi connectivity index (χ0n) is 9.99. The molecule has 0 radical (unpaired) electrons. The van der Waals surface area contributed by atoms with Crippen molar-refractivity contribution in [2.24, 2.45) is 5.92 Å². The van der Waals surface area contributed by atoms with Crippen molar-refractivity contribution in [1.29, 1.82) is 0 Å². The topological polar surface area (TPSA) is 18.5 Å². The molecular formula is C14H17ClO2. The molecule has 1 saturated heterocycles. The van der Waals surface area contributed by atoms with Gasteiger partial charge in [-0.2, -0.15) is 0 Å². The summed E-state index contributed by atoms with van der Waals surface area (Å²) >= 11 is 6.54. The van der Waals surface area contributed by atoms with Crippen LogP contribution in [0.15, 0.2) is 18.2 Å². The number of alkyl halides is 1. The van der Waals surface area contributed by atoms with Gasteiger partial charge in [0.25, 0.3) is 0 Å². The first kappa shape index (κ1) is 11.4. The van der Waals surface area contributed by atoms with Gasteiger partial charge in [-0.05, 0) is 29.5 Å². The van der Waals surface area contributed by atoms with Gasteiger partial charge in [0.2, 0.25) is 0 Å². The molecule has 3 rings (SSSR count). The number of hydrogen-bond acceptors (Lipinski definition) is 2. The van der Waals surface area contributed by atoms with Crippen molar-refractivity contribution in [2.45, 2.75) is 31.2 Å². The van der Waals surface area contributed by atoms with Crippen LogP contribution >= 0.6 is 11.6 Å². The fraction of sp³-hybridized carbons (Fsp3) is 0.571. The third-order valence-corrected chi connectivity index (χ3v) is 4.27. The molecule has 2 nitrogen and oxygen atoms in total. The Hall–Kier alpha value is -0.730. The predicted molar refractivity (Wildman–Crippen MR) is 67.8 cm³/mol. The average molecular weight is 253 g/mol. The van der Waals surface area contributed by atoms with Crippen molar-refractivity contribution in [1.82, 2.24) is 0 Å². The minimum absolute atomic E-state index is 0.0431. The van der Waals surface area contributed by atoms with Gasteiger partial charge in [-0.25, -0.2) is 0 Å². The maximum Gasteiger partial charge on any atom is 0.122 e. The molecule has 17 heavy (non-hydrogen) atoms.